The highest BCUT2D eigenvalue weighted by Gasteiger charge is 2.16. The lowest BCUT2D eigenvalue weighted by atomic mass is 10.1. The van der Waals surface area contributed by atoms with Crippen LogP contribution in [0.3, 0.4) is 0 Å². The molecule has 0 amide bonds. The maximum atomic E-state index is 10.2. The van der Waals surface area contributed by atoms with Crippen molar-refractivity contribution < 1.29 is 9.84 Å². The van der Waals surface area contributed by atoms with E-state index in [0.29, 0.717) is 18.4 Å². The minimum Gasteiger partial charge on any atom is -0.508 e. The van der Waals surface area contributed by atoms with E-state index in [4.69, 9.17) is 4.74 Å². The number of phenolic OH excluding ortho intramolecular Hbond substituents is 1. The van der Waals surface area contributed by atoms with Crippen LogP contribution in [0.15, 0.2) is 18.2 Å². The average molecular weight is 280 g/mol. The second kappa shape index (κ2) is 8.12. The molecule has 0 bridgehead atoms. The lowest BCUT2D eigenvalue weighted by molar-refractivity contribution is 0.203. The fraction of sp³-hybridized carbons (Fsp3) is 0.625. The van der Waals surface area contributed by atoms with Gasteiger partial charge in [-0.05, 0) is 33.4 Å². The van der Waals surface area contributed by atoms with Crippen LogP contribution >= 0.6 is 0 Å². The van der Waals surface area contributed by atoms with Gasteiger partial charge in [-0.2, -0.15) is 0 Å². The molecule has 2 unspecified atom stereocenters. The molecule has 4 nitrogen and oxygen atoms in total. The summed E-state index contributed by atoms with van der Waals surface area (Å²) in [4.78, 5) is 2.27. The van der Waals surface area contributed by atoms with Gasteiger partial charge in [-0.3, -0.25) is 0 Å². The molecule has 0 spiro atoms. The van der Waals surface area contributed by atoms with Crippen LogP contribution in [0.2, 0.25) is 0 Å². The van der Waals surface area contributed by atoms with Gasteiger partial charge in [0.15, 0.2) is 0 Å². The number of ether oxygens (including phenoxy) is 1. The molecule has 0 aliphatic rings. The predicted molar refractivity (Wildman–Crippen MR) is 84.6 cm³/mol. The summed E-state index contributed by atoms with van der Waals surface area (Å²) in [6, 6.07) is 6.47. The Morgan fingerprint density at radius 3 is 2.55 bits per heavy atom. The number of hydrogen-bond acceptors (Lipinski definition) is 4. The average Bonchev–Trinajstić information content (AvgIpc) is 2.46. The molecule has 2 atom stereocenters. The molecule has 0 saturated heterocycles. The largest absolute Gasteiger partial charge is 0.508 e. The minimum absolute atomic E-state index is 0.139. The third-order valence-corrected chi connectivity index (χ3v) is 3.90. The van der Waals surface area contributed by atoms with E-state index in [0.717, 1.165) is 24.2 Å². The van der Waals surface area contributed by atoms with E-state index in [1.807, 2.05) is 26.1 Å². The van der Waals surface area contributed by atoms with Gasteiger partial charge in [0.1, 0.15) is 5.75 Å². The van der Waals surface area contributed by atoms with Gasteiger partial charge in [-0.15, -0.1) is 0 Å². The predicted octanol–water partition coefficient (Wildman–Crippen LogP) is 2.92. The van der Waals surface area contributed by atoms with Crippen molar-refractivity contribution in [1.29, 1.82) is 0 Å². The van der Waals surface area contributed by atoms with Crippen LogP contribution in [-0.4, -0.2) is 38.5 Å². The zero-order valence-electron chi connectivity index (χ0n) is 13.3. The van der Waals surface area contributed by atoms with Crippen LogP contribution in [0, 0.1) is 0 Å². The Morgan fingerprint density at radius 2 is 2.05 bits per heavy atom. The maximum absolute atomic E-state index is 10.2. The number of nitrogens with zero attached hydrogens (tertiary/aromatic N) is 1. The first-order valence-electron chi connectivity index (χ1n) is 7.30. The molecule has 114 valence electrons. The van der Waals surface area contributed by atoms with E-state index in [1.165, 1.54) is 0 Å². The number of benzene rings is 1. The van der Waals surface area contributed by atoms with Gasteiger partial charge in [-0.25, -0.2) is 0 Å². The Hall–Kier alpha value is -1.26. The number of aromatic hydroxyl groups is 1. The minimum atomic E-state index is 0.139. The van der Waals surface area contributed by atoms with Crippen molar-refractivity contribution in [2.24, 2.45) is 0 Å². The molecule has 1 rings (SSSR count). The molecule has 0 fully saturated rings. The monoisotopic (exact) mass is 280 g/mol. The van der Waals surface area contributed by atoms with E-state index >= 15 is 0 Å². The summed E-state index contributed by atoms with van der Waals surface area (Å²) in [7, 11) is 3.60. The van der Waals surface area contributed by atoms with E-state index in [-0.39, 0.29) is 6.04 Å². The number of methoxy groups -OCH3 is 1. The van der Waals surface area contributed by atoms with Gasteiger partial charge in [0.2, 0.25) is 0 Å². The number of anilines is 1. The van der Waals surface area contributed by atoms with Crippen molar-refractivity contribution in [3.05, 3.63) is 23.8 Å². The summed E-state index contributed by atoms with van der Waals surface area (Å²) in [6.45, 7) is 7.90. The summed E-state index contributed by atoms with van der Waals surface area (Å²) < 4.78 is 5.18. The standard InChI is InChI=1S/C16H28N2O2/c1-6-12(2)18(9-10-20-5)14-7-8-15(13(3)17-4)16(19)11-14/h7-8,11-13,17,19H,6,9-10H2,1-5H3. The highest BCUT2D eigenvalue weighted by molar-refractivity contribution is 5.54. The highest BCUT2D eigenvalue weighted by Crippen LogP contribution is 2.30. The Morgan fingerprint density at radius 1 is 1.35 bits per heavy atom. The smallest absolute Gasteiger partial charge is 0.122 e. The van der Waals surface area contributed by atoms with Crippen molar-refractivity contribution in [2.75, 3.05) is 32.2 Å². The fourth-order valence-corrected chi connectivity index (χ4v) is 2.25. The van der Waals surface area contributed by atoms with Crippen LogP contribution in [0.25, 0.3) is 0 Å². The van der Waals surface area contributed by atoms with Crippen LogP contribution in [-0.2, 0) is 4.74 Å². The Balaban J connectivity index is 2.99. The second-order valence-electron chi connectivity index (χ2n) is 5.20. The Labute approximate surface area is 122 Å². The van der Waals surface area contributed by atoms with Gasteiger partial charge in [-0.1, -0.05) is 13.0 Å². The summed E-state index contributed by atoms with van der Waals surface area (Å²) >= 11 is 0. The van der Waals surface area contributed by atoms with Crippen LogP contribution < -0.4 is 10.2 Å². The molecule has 2 N–H and O–H groups in total. The Bertz CT molecular complexity index is 409. The van der Waals surface area contributed by atoms with Gasteiger partial charge in [0, 0.05) is 43.1 Å². The summed E-state index contributed by atoms with van der Waals surface area (Å²) in [6.07, 6.45) is 1.05. The van der Waals surface area contributed by atoms with Crippen LogP contribution in [0.4, 0.5) is 5.69 Å². The number of nitrogens with one attached hydrogen (secondary N) is 1. The SMILES string of the molecule is CCC(C)N(CCOC)c1ccc(C(C)NC)c(O)c1. The maximum Gasteiger partial charge on any atom is 0.122 e. The topological polar surface area (TPSA) is 44.7 Å². The summed E-state index contributed by atoms with van der Waals surface area (Å²) in [5.74, 6) is 0.343. The molecule has 0 aromatic heterocycles. The fourth-order valence-electron chi connectivity index (χ4n) is 2.25. The highest BCUT2D eigenvalue weighted by atomic mass is 16.5. The van der Waals surface area contributed by atoms with Crippen LogP contribution in [0.5, 0.6) is 5.75 Å². The third-order valence-electron chi connectivity index (χ3n) is 3.90. The number of rotatable bonds is 8. The summed E-state index contributed by atoms with van der Waals surface area (Å²) in [5, 5.41) is 13.4. The molecular formula is C16H28N2O2. The first-order valence-corrected chi connectivity index (χ1v) is 7.30. The molecule has 0 radical (unpaired) electrons. The zero-order valence-corrected chi connectivity index (χ0v) is 13.3. The van der Waals surface area contributed by atoms with Crippen LogP contribution in [0.1, 0.15) is 38.8 Å². The van der Waals surface area contributed by atoms with E-state index in [1.54, 1.807) is 7.11 Å². The molecule has 1 aromatic carbocycles. The molecule has 0 aliphatic heterocycles. The normalized spacial score (nSPS) is 14.1. The van der Waals surface area contributed by atoms with Crippen molar-refractivity contribution in [3.63, 3.8) is 0 Å². The first-order chi connectivity index (χ1) is 9.54. The van der Waals surface area contributed by atoms with Gasteiger partial charge < -0.3 is 20.1 Å². The molecular weight excluding hydrogens is 252 g/mol. The van der Waals surface area contributed by atoms with E-state index in [9.17, 15) is 5.11 Å². The van der Waals surface area contributed by atoms with Crippen molar-refractivity contribution in [1.82, 2.24) is 5.32 Å². The van der Waals surface area contributed by atoms with Crippen molar-refractivity contribution in [2.45, 2.75) is 39.3 Å². The molecule has 4 heteroatoms. The molecule has 20 heavy (non-hydrogen) atoms. The molecule has 1 aromatic rings. The number of phenols is 1. The Kier molecular flexibility index (Phi) is 6.82. The van der Waals surface area contributed by atoms with E-state index in [2.05, 4.69) is 30.1 Å². The third kappa shape index (κ3) is 4.12. The quantitative estimate of drug-likeness (QED) is 0.768. The summed E-state index contributed by atoms with van der Waals surface area (Å²) in [5.41, 5.74) is 1.97. The second-order valence-corrected chi connectivity index (χ2v) is 5.20. The van der Waals surface area contributed by atoms with Crippen molar-refractivity contribution in [3.8, 4) is 5.75 Å². The van der Waals surface area contributed by atoms with Gasteiger partial charge in [0.05, 0.1) is 6.61 Å². The van der Waals surface area contributed by atoms with Gasteiger partial charge in [0.25, 0.3) is 0 Å². The van der Waals surface area contributed by atoms with Gasteiger partial charge >= 0.3 is 0 Å². The molecule has 0 aliphatic carbocycles. The van der Waals surface area contributed by atoms with Crippen molar-refractivity contribution >= 4 is 5.69 Å². The zero-order chi connectivity index (χ0) is 15.1. The lowest BCUT2D eigenvalue weighted by Gasteiger charge is -2.31. The molecule has 0 saturated carbocycles. The lowest BCUT2D eigenvalue weighted by Crippen LogP contribution is -2.35. The molecule has 0 heterocycles. The number of hydrogen-bond donors (Lipinski definition) is 2. The van der Waals surface area contributed by atoms with E-state index < -0.39 is 0 Å². The first kappa shape index (κ1) is 16.8.